The first-order valence-electron chi connectivity index (χ1n) is 9.96. The zero-order valence-corrected chi connectivity index (χ0v) is 24.6. The number of hydrogen-bond acceptors (Lipinski definition) is 7. The number of nitrogens with zero attached hydrogens (tertiary/aromatic N) is 2. The maximum atomic E-state index is 4.72. The summed E-state index contributed by atoms with van der Waals surface area (Å²) >= 11 is 15.7. The van der Waals surface area contributed by atoms with Crippen molar-refractivity contribution < 1.29 is 0 Å². The Morgan fingerprint density at radius 2 is 1.03 bits per heavy atom. The molecule has 5 heterocycles. The second-order valence-electron chi connectivity index (χ2n) is 7.58. The maximum absolute atomic E-state index is 4.72. The van der Waals surface area contributed by atoms with Crippen LogP contribution >= 0.6 is 88.9 Å². The van der Waals surface area contributed by atoms with Gasteiger partial charge in [-0.1, -0.05) is 12.1 Å². The Hall–Kier alpha value is -1.20. The minimum absolute atomic E-state index is 0.990. The highest BCUT2D eigenvalue weighted by Gasteiger charge is 2.19. The molecular formula is C24H14Br2N2S5. The smallest absolute Gasteiger partial charge is 0.114 e. The molecule has 0 radical (unpaired) electrons. The highest BCUT2D eigenvalue weighted by Crippen LogP contribution is 2.46. The Morgan fingerprint density at radius 3 is 1.42 bits per heavy atom. The number of aryl methyl sites for hydroxylation is 2. The van der Waals surface area contributed by atoms with E-state index in [9.17, 15) is 0 Å². The van der Waals surface area contributed by atoms with Gasteiger partial charge in [-0.2, -0.15) is 8.75 Å². The molecule has 0 saturated carbocycles. The fourth-order valence-corrected chi connectivity index (χ4v) is 9.95. The molecular weight excluding hydrogens is 636 g/mol. The quantitative estimate of drug-likeness (QED) is 0.190. The Kier molecular flexibility index (Phi) is 5.93. The highest BCUT2D eigenvalue weighted by atomic mass is 79.9. The molecule has 9 heteroatoms. The summed E-state index contributed by atoms with van der Waals surface area (Å²) in [6.07, 6.45) is 0. The molecule has 0 unspecified atom stereocenters. The first-order valence-corrected chi connectivity index (χ1v) is 15.5. The van der Waals surface area contributed by atoms with Gasteiger partial charge in [-0.05, 0) is 93.2 Å². The summed E-state index contributed by atoms with van der Waals surface area (Å²) in [7, 11) is 0. The van der Waals surface area contributed by atoms with Gasteiger partial charge < -0.3 is 0 Å². The lowest BCUT2D eigenvalue weighted by molar-refractivity contribution is 1.54. The summed E-state index contributed by atoms with van der Waals surface area (Å²) in [5.74, 6) is 0. The molecule has 0 bridgehead atoms. The molecule has 0 saturated heterocycles. The van der Waals surface area contributed by atoms with Crippen molar-refractivity contribution in [1.82, 2.24) is 8.75 Å². The molecule has 0 spiro atoms. The molecule has 0 N–H and O–H groups in total. The van der Waals surface area contributed by atoms with Crippen LogP contribution in [0.15, 0.2) is 56.1 Å². The molecule has 0 amide bonds. The third-order valence-corrected chi connectivity index (χ3v) is 12.1. The molecule has 0 aliphatic carbocycles. The number of benzene rings is 1. The Bertz CT molecular complexity index is 1510. The summed E-state index contributed by atoms with van der Waals surface area (Å²) in [5, 5.41) is 0. The molecule has 0 fully saturated rings. The first-order chi connectivity index (χ1) is 16.0. The SMILES string of the molecule is Cc1cc(-c2ccc(-c3cc(C)c(-c4ccc(Br)s4)s3)c3nsnc23)sc1-c1ccc(Br)s1. The summed E-state index contributed by atoms with van der Waals surface area (Å²) in [4.78, 5) is 7.71. The van der Waals surface area contributed by atoms with Gasteiger partial charge in [0.15, 0.2) is 0 Å². The van der Waals surface area contributed by atoms with Crippen LogP contribution in [0.1, 0.15) is 11.1 Å². The lowest BCUT2D eigenvalue weighted by atomic mass is 10.0. The maximum Gasteiger partial charge on any atom is 0.114 e. The second kappa shape index (κ2) is 8.78. The highest BCUT2D eigenvalue weighted by molar-refractivity contribution is 9.11. The molecule has 164 valence electrons. The normalized spacial score (nSPS) is 11.6. The predicted molar refractivity (Wildman–Crippen MR) is 156 cm³/mol. The van der Waals surface area contributed by atoms with Crippen molar-refractivity contribution in [1.29, 1.82) is 0 Å². The van der Waals surface area contributed by atoms with Crippen molar-refractivity contribution in [2.45, 2.75) is 13.8 Å². The summed E-state index contributed by atoms with van der Waals surface area (Å²) < 4.78 is 11.8. The number of fused-ring (bicyclic) bond motifs is 1. The largest absolute Gasteiger partial charge is 0.172 e. The van der Waals surface area contributed by atoms with E-state index >= 15 is 0 Å². The number of aromatic nitrogens is 2. The lowest BCUT2D eigenvalue weighted by Crippen LogP contribution is -1.82. The van der Waals surface area contributed by atoms with Crippen LogP contribution in [0.2, 0.25) is 0 Å². The van der Waals surface area contributed by atoms with E-state index in [4.69, 9.17) is 8.75 Å². The number of rotatable bonds is 4. The minimum Gasteiger partial charge on any atom is -0.172 e. The summed E-state index contributed by atoms with van der Waals surface area (Å²) in [5.41, 5.74) is 6.89. The van der Waals surface area contributed by atoms with Gasteiger partial charge in [0, 0.05) is 40.4 Å². The van der Waals surface area contributed by atoms with Crippen molar-refractivity contribution in [2.75, 3.05) is 0 Å². The van der Waals surface area contributed by atoms with Crippen LogP contribution in [0.3, 0.4) is 0 Å². The van der Waals surface area contributed by atoms with Gasteiger partial charge in [-0.25, -0.2) is 0 Å². The molecule has 33 heavy (non-hydrogen) atoms. The van der Waals surface area contributed by atoms with Crippen molar-refractivity contribution >= 4 is 100.0 Å². The van der Waals surface area contributed by atoms with Crippen LogP contribution in [0, 0.1) is 13.8 Å². The third kappa shape index (κ3) is 4.01. The molecule has 2 nitrogen and oxygen atoms in total. The molecule has 6 aromatic rings. The van der Waals surface area contributed by atoms with E-state index < -0.39 is 0 Å². The molecule has 0 aliphatic rings. The van der Waals surface area contributed by atoms with Crippen molar-refractivity contribution in [3.63, 3.8) is 0 Å². The van der Waals surface area contributed by atoms with Crippen molar-refractivity contribution in [3.05, 3.63) is 67.2 Å². The van der Waals surface area contributed by atoms with Gasteiger partial charge in [-0.15, -0.1) is 45.3 Å². The van der Waals surface area contributed by atoms with E-state index in [1.807, 2.05) is 22.7 Å². The Morgan fingerprint density at radius 1 is 0.576 bits per heavy atom. The van der Waals surface area contributed by atoms with E-state index in [0.29, 0.717) is 0 Å². The van der Waals surface area contributed by atoms with Gasteiger partial charge >= 0.3 is 0 Å². The Balaban J connectivity index is 1.45. The van der Waals surface area contributed by atoms with Gasteiger partial charge in [0.2, 0.25) is 0 Å². The summed E-state index contributed by atoms with van der Waals surface area (Å²) in [6.45, 7) is 4.37. The van der Waals surface area contributed by atoms with E-state index in [-0.39, 0.29) is 0 Å². The zero-order valence-electron chi connectivity index (χ0n) is 17.3. The van der Waals surface area contributed by atoms with Crippen LogP contribution in [-0.4, -0.2) is 8.75 Å². The van der Waals surface area contributed by atoms with Crippen molar-refractivity contribution in [2.24, 2.45) is 0 Å². The fourth-order valence-electron chi connectivity index (χ4n) is 3.86. The lowest BCUT2D eigenvalue weighted by Gasteiger charge is -2.03. The molecule has 1 aromatic carbocycles. The van der Waals surface area contributed by atoms with E-state index in [2.05, 4.69) is 94.2 Å². The molecule has 0 atom stereocenters. The monoisotopic (exact) mass is 648 g/mol. The molecule has 5 aromatic heterocycles. The van der Waals surface area contributed by atoms with Gasteiger partial charge in [0.25, 0.3) is 0 Å². The van der Waals surface area contributed by atoms with Gasteiger partial charge in [0.1, 0.15) is 11.0 Å². The summed E-state index contributed by atoms with van der Waals surface area (Å²) in [6, 6.07) is 17.6. The predicted octanol–water partition coefficient (Wildman–Crippen LogP) is 10.7. The second-order valence-corrected chi connectivity index (χ2v) is 15.1. The third-order valence-electron chi connectivity index (χ3n) is 5.38. The van der Waals surface area contributed by atoms with E-state index in [1.165, 1.54) is 52.1 Å². The van der Waals surface area contributed by atoms with Crippen LogP contribution in [0.4, 0.5) is 0 Å². The van der Waals surface area contributed by atoms with E-state index in [0.717, 1.165) is 29.7 Å². The number of thiophene rings is 4. The standard InChI is InChI=1S/C24H14Br2N2S5/c1-11-9-17(31-23(11)15-5-7-19(25)29-15)13-3-4-14(22-21(13)27-33-28-22)18-10-12(2)24(32-18)16-6-8-20(26)30-16/h3-10H,1-2H3. The average Bonchev–Trinajstić information content (AvgIpc) is 3.59. The van der Waals surface area contributed by atoms with Crippen molar-refractivity contribution in [3.8, 4) is 40.4 Å². The van der Waals surface area contributed by atoms with E-state index in [1.54, 1.807) is 22.7 Å². The Labute approximate surface area is 228 Å². The van der Waals surface area contributed by atoms with Gasteiger partial charge in [-0.3, -0.25) is 0 Å². The number of halogens is 2. The molecule has 0 aliphatic heterocycles. The van der Waals surface area contributed by atoms with Crippen LogP contribution < -0.4 is 0 Å². The van der Waals surface area contributed by atoms with Crippen LogP contribution in [0.5, 0.6) is 0 Å². The van der Waals surface area contributed by atoms with Crippen LogP contribution in [-0.2, 0) is 0 Å². The first kappa shape index (κ1) is 22.3. The average molecular weight is 651 g/mol. The molecule has 6 rings (SSSR count). The number of hydrogen-bond donors (Lipinski definition) is 0. The topological polar surface area (TPSA) is 25.8 Å². The minimum atomic E-state index is 0.990. The van der Waals surface area contributed by atoms with Crippen LogP contribution in [0.25, 0.3) is 51.4 Å². The van der Waals surface area contributed by atoms with Gasteiger partial charge in [0.05, 0.1) is 19.3 Å². The zero-order chi connectivity index (χ0) is 22.7. The fraction of sp³-hybridized carbons (Fsp3) is 0.0833.